The molecule has 4 N–H and O–H groups in total. The van der Waals surface area contributed by atoms with E-state index in [-0.39, 0.29) is 23.8 Å². The maximum absolute atomic E-state index is 14.0. The lowest BCUT2D eigenvalue weighted by Crippen LogP contribution is -2.63. The van der Waals surface area contributed by atoms with Crippen LogP contribution < -0.4 is 16.4 Å². The Morgan fingerprint density at radius 1 is 1.17 bits per heavy atom. The fraction of sp³-hybridized carbons (Fsp3) is 0.625. The van der Waals surface area contributed by atoms with Crippen molar-refractivity contribution in [2.75, 3.05) is 0 Å². The highest BCUT2D eigenvalue weighted by Crippen LogP contribution is 2.57. The van der Waals surface area contributed by atoms with E-state index in [2.05, 4.69) is 10.6 Å². The zero-order valence-electron chi connectivity index (χ0n) is 19.9. The second-order valence-electron chi connectivity index (χ2n) is 10.8. The summed E-state index contributed by atoms with van der Waals surface area (Å²) in [5.74, 6) is -0.725. The first-order chi connectivity index (χ1) is 16.2. The zero-order valence-corrected chi connectivity index (χ0v) is 19.9. The number of aromatic nitrogens is 1. The van der Waals surface area contributed by atoms with E-state index in [0.717, 1.165) is 29.9 Å². The van der Waals surface area contributed by atoms with Crippen molar-refractivity contribution in [1.82, 2.24) is 15.2 Å². The number of ether oxygens (including phenoxy) is 1. The maximum Gasteiger partial charge on any atom is 0.432 e. The fourth-order valence-electron chi connectivity index (χ4n) is 6.57. The molecular formula is C24H31F3N4O4. The van der Waals surface area contributed by atoms with Crippen LogP contribution in [-0.2, 0) is 15.7 Å². The molecule has 0 radical (unpaired) electrons. The van der Waals surface area contributed by atoms with Gasteiger partial charge in [0.1, 0.15) is 11.3 Å². The first-order valence-electron chi connectivity index (χ1n) is 11.7. The summed E-state index contributed by atoms with van der Waals surface area (Å²) in [5.41, 5.74) is 2.22. The largest absolute Gasteiger partial charge is 0.443 e. The second kappa shape index (κ2) is 8.60. The number of halogens is 3. The highest BCUT2D eigenvalue weighted by molar-refractivity contribution is 5.96. The topological polar surface area (TPSA) is 115 Å². The Hall–Kier alpha value is -2.98. The summed E-state index contributed by atoms with van der Waals surface area (Å²) < 4.78 is 48.3. The molecule has 0 aromatic carbocycles. The number of nitrogens with zero attached hydrogens (tertiary/aromatic N) is 1. The van der Waals surface area contributed by atoms with Crippen LogP contribution >= 0.6 is 0 Å². The van der Waals surface area contributed by atoms with Gasteiger partial charge in [-0.3, -0.25) is 9.59 Å². The summed E-state index contributed by atoms with van der Waals surface area (Å²) in [7, 11) is 0. The molecule has 0 spiro atoms. The van der Waals surface area contributed by atoms with Crippen LogP contribution in [0.25, 0.3) is 6.20 Å². The predicted molar refractivity (Wildman–Crippen MR) is 121 cm³/mol. The van der Waals surface area contributed by atoms with E-state index in [1.807, 2.05) is 0 Å². The van der Waals surface area contributed by atoms with Crippen molar-refractivity contribution < 1.29 is 32.3 Å². The molecule has 1 aromatic rings. The van der Waals surface area contributed by atoms with Gasteiger partial charge in [-0.2, -0.15) is 13.2 Å². The molecule has 11 heteroatoms. The lowest BCUT2D eigenvalue weighted by molar-refractivity contribution is -0.142. The molecule has 0 saturated heterocycles. The third-order valence-electron chi connectivity index (χ3n) is 7.41. The molecule has 1 aromatic heterocycles. The van der Waals surface area contributed by atoms with E-state index in [0.29, 0.717) is 18.8 Å². The van der Waals surface area contributed by atoms with Gasteiger partial charge in [0.15, 0.2) is 0 Å². The molecule has 4 fully saturated rings. The molecule has 5 rings (SSSR count). The molecule has 0 aliphatic heterocycles. The lowest BCUT2D eigenvalue weighted by Gasteiger charge is -2.58. The van der Waals surface area contributed by atoms with Crippen molar-refractivity contribution in [3.8, 4) is 0 Å². The van der Waals surface area contributed by atoms with Crippen LogP contribution in [-0.4, -0.2) is 39.7 Å². The van der Waals surface area contributed by atoms with E-state index in [9.17, 15) is 27.6 Å². The van der Waals surface area contributed by atoms with Crippen LogP contribution in [0.1, 0.15) is 68.9 Å². The summed E-state index contributed by atoms with van der Waals surface area (Å²) >= 11 is 0. The lowest BCUT2D eigenvalue weighted by atomic mass is 9.52. The van der Waals surface area contributed by atoms with Gasteiger partial charge in [-0.05, 0) is 75.8 Å². The Morgan fingerprint density at radius 3 is 2.34 bits per heavy atom. The minimum atomic E-state index is -4.78. The predicted octanol–water partition coefficient (Wildman–Crippen LogP) is 3.66. The second-order valence-corrected chi connectivity index (χ2v) is 10.8. The van der Waals surface area contributed by atoms with E-state index in [4.69, 9.17) is 10.5 Å². The van der Waals surface area contributed by atoms with E-state index in [1.54, 1.807) is 13.8 Å². The van der Waals surface area contributed by atoms with Crippen molar-refractivity contribution in [3.63, 3.8) is 0 Å². The molecule has 192 valence electrons. The number of hydrogen-bond donors (Lipinski definition) is 3. The van der Waals surface area contributed by atoms with Gasteiger partial charge in [-0.15, -0.1) is 0 Å². The average molecular weight is 497 g/mol. The summed E-state index contributed by atoms with van der Waals surface area (Å²) in [5, 5.41) is 5.51. The fourth-order valence-corrected chi connectivity index (χ4v) is 6.57. The Labute approximate surface area is 201 Å². The zero-order chi connectivity index (χ0) is 25.8. The Morgan fingerprint density at radius 2 is 1.80 bits per heavy atom. The van der Waals surface area contributed by atoms with Crippen LogP contribution in [0.4, 0.5) is 18.0 Å². The van der Waals surface area contributed by atoms with Crippen molar-refractivity contribution in [1.29, 1.82) is 0 Å². The van der Waals surface area contributed by atoms with Gasteiger partial charge in [0.05, 0.1) is 11.1 Å². The van der Waals surface area contributed by atoms with Gasteiger partial charge in [-0.1, -0.05) is 0 Å². The molecule has 4 aliphatic carbocycles. The molecular weight excluding hydrogens is 465 g/mol. The quantitative estimate of drug-likeness (QED) is 0.557. The first-order valence-corrected chi connectivity index (χ1v) is 11.7. The standard InChI is InChI=1S/C24H31F3N4O4/c1-13(32)30-22(2,3)5-7-31-6-4-17(19(31)24(25,26)27)20(33)29-18-15-8-14-9-16(18)12-23(10-14,11-15)35-21(28)34/h4-7,14-16,18H,8-12H2,1-3H3,(H2,28,34)(H,29,33)(H,30,32)/b7-5+. The van der Waals surface area contributed by atoms with Crippen molar-refractivity contribution in [3.05, 3.63) is 29.6 Å². The molecule has 1 heterocycles. The Balaban J connectivity index is 1.55. The van der Waals surface area contributed by atoms with Crippen LogP contribution in [0.2, 0.25) is 0 Å². The smallest absolute Gasteiger partial charge is 0.432 e. The van der Waals surface area contributed by atoms with Crippen LogP contribution in [0.5, 0.6) is 0 Å². The van der Waals surface area contributed by atoms with E-state index >= 15 is 0 Å². The van der Waals surface area contributed by atoms with Gasteiger partial charge in [0.2, 0.25) is 5.91 Å². The number of hydrogen-bond acceptors (Lipinski definition) is 4. The Bertz CT molecular complexity index is 1050. The minimum absolute atomic E-state index is 0.0133. The van der Waals surface area contributed by atoms with Crippen molar-refractivity contribution in [2.24, 2.45) is 23.5 Å². The number of amides is 3. The summed E-state index contributed by atoms with van der Waals surface area (Å²) in [6.07, 6.45) is 1.71. The number of carbonyl (C=O) groups excluding carboxylic acids is 3. The van der Waals surface area contributed by atoms with Crippen LogP contribution in [0.15, 0.2) is 18.3 Å². The normalized spacial score (nSPS) is 29.9. The van der Waals surface area contributed by atoms with E-state index in [1.165, 1.54) is 25.4 Å². The molecule has 3 amide bonds. The average Bonchev–Trinajstić information content (AvgIpc) is 3.11. The number of alkyl halides is 3. The number of nitrogens with two attached hydrogens (primary N) is 1. The molecule has 4 bridgehead atoms. The molecule has 8 nitrogen and oxygen atoms in total. The van der Waals surface area contributed by atoms with Gasteiger partial charge in [0, 0.05) is 25.4 Å². The van der Waals surface area contributed by atoms with Crippen LogP contribution in [0.3, 0.4) is 0 Å². The van der Waals surface area contributed by atoms with Crippen molar-refractivity contribution in [2.45, 2.75) is 76.2 Å². The minimum Gasteiger partial charge on any atom is -0.443 e. The summed E-state index contributed by atoms with van der Waals surface area (Å²) in [4.78, 5) is 35.9. The SMILES string of the molecule is CC(=O)NC(C)(C)/C=C/n1ccc(C(=O)NC2C3CC4CC2CC(OC(N)=O)(C4)C3)c1C(F)(F)F. The highest BCUT2D eigenvalue weighted by Gasteiger charge is 2.57. The van der Waals surface area contributed by atoms with Gasteiger partial charge < -0.3 is 25.7 Å². The number of rotatable bonds is 6. The maximum atomic E-state index is 14.0. The van der Waals surface area contributed by atoms with Crippen molar-refractivity contribution >= 4 is 24.1 Å². The molecule has 35 heavy (non-hydrogen) atoms. The monoisotopic (exact) mass is 496 g/mol. The van der Waals surface area contributed by atoms with E-state index < -0.39 is 40.6 Å². The molecule has 4 aliphatic rings. The molecule has 2 unspecified atom stereocenters. The molecule has 4 saturated carbocycles. The van der Waals surface area contributed by atoms with Crippen LogP contribution in [0, 0.1) is 17.8 Å². The number of primary amides is 1. The molecule has 2 atom stereocenters. The number of carbonyl (C=O) groups is 3. The highest BCUT2D eigenvalue weighted by atomic mass is 19.4. The van der Waals surface area contributed by atoms with Gasteiger partial charge in [0.25, 0.3) is 5.91 Å². The van der Waals surface area contributed by atoms with Gasteiger partial charge in [-0.25, -0.2) is 4.79 Å². The summed E-state index contributed by atoms with van der Waals surface area (Å²) in [6, 6.07) is 0.865. The Kier molecular flexibility index (Phi) is 6.17. The van der Waals surface area contributed by atoms with Gasteiger partial charge >= 0.3 is 12.3 Å². The first kappa shape index (κ1) is 25.1. The third kappa shape index (κ3) is 5.18. The summed E-state index contributed by atoms with van der Waals surface area (Å²) in [6.45, 7) is 4.62. The number of nitrogens with one attached hydrogen (secondary N) is 2. The third-order valence-corrected chi connectivity index (χ3v) is 7.41.